The maximum atomic E-state index is 4.69. The van der Waals surface area contributed by atoms with Gasteiger partial charge in [0.05, 0.1) is 11.0 Å². The van der Waals surface area contributed by atoms with Crippen molar-refractivity contribution in [3.05, 3.63) is 48.8 Å². The lowest BCUT2D eigenvalue weighted by molar-refractivity contribution is 0.796. The standard InChI is InChI=1S/C14H13N3/c1-2-17-13-6-4-3-5-12(13)16-14(17)11-7-9-15-10-8-11/h3-10H,2H2,1H3. The Hall–Kier alpha value is -2.16. The summed E-state index contributed by atoms with van der Waals surface area (Å²) in [5.74, 6) is 1.01. The summed E-state index contributed by atoms with van der Waals surface area (Å²) < 4.78 is 2.23. The summed E-state index contributed by atoms with van der Waals surface area (Å²) in [5, 5.41) is 0. The number of imidazole rings is 1. The zero-order valence-electron chi connectivity index (χ0n) is 9.67. The Morgan fingerprint density at radius 3 is 2.59 bits per heavy atom. The van der Waals surface area contributed by atoms with Crippen molar-refractivity contribution >= 4 is 11.0 Å². The lowest BCUT2D eigenvalue weighted by Gasteiger charge is -2.05. The van der Waals surface area contributed by atoms with Crippen LogP contribution < -0.4 is 0 Å². The molecule has 0 fully saturated rings. The van der Waals surface area contributed by atoms with Crippen molar-refractivity contribution < 1.29 is 0 Å². The van der Waals surface area contributed by atoms with Crippen molar-refractivity contribution in [3.8, 4) is 11.4 Å². The molecule has 0 atom stereocenters. The molecule has 0 aliphatic heterocycles. The number of aryl methyl sites for hydroxylation is 1. The second-order valence-corrected chi connectivity index (χ2v) is 3.90. The third kappa shape index (κ3) is 1.60. The summed E-state index contributed by atoms with van der Waals surface area (Å²) in [7, 11) is 0. The molecule has 84 valence electrons. The number of aromatic nitrogens is 3. The smallest absolute Gasteiger partial charge is 0.141 e. The molecule has 2 heterocycles. The SMILES string of the molecule is CCn1c(-c2ccncc2)nc2ccccc21. The number of benzene rings is 1. The molecule has 3 heteroatoms. The van der Waals surface area contributed by atoms with Crippen LogP contribution in [0.5, 0.6) is 0 Å². The van der Waals surface area contributed by atoms with Crippen LogP contribution in [0.1, 0.15) is 6.92 Å². The van der Waals surface area contributed by atoms with E-state index in [1.807, 2.05) is 30.3 Å². The molecular formula is C14H13N3. The van der Waals surface area contributed by atoms with Crippen LogP contribution in [0.15, 0.2) is 48.8 Å². The lowest BCUT2D eigenvalue weighted by atomic mass is 10.2. The Morgan fingerprint density at radius 1 is 1.06 bits per heavy atom. The Bertz CT molecular complexity index is 641. The molecule has 0 aliphatic rings. The number of hydrogen-bond donors (Lipinski definition) is 0. The molecule has 3 rings (SSSR count). The summed E-state index contributed by atoms with van der Waals surface area (Å²) in [6.45, 7) is 3.05. The van der Waals surface area contributed by atoms with Crippen molar-refractivity contribution in [1.29, 1.82) is 0 Å². The highest BCUT2D eigenvalue weighted by atomic mass is 15.1. The van der Waals surface area contributed by atoms with E-state index in [4.69, 9.17) is 0 Å². The first-order valence-electron chi connectivity index (χ1n) is 5.76. The molecule has 1 aromatic carbocycles. The van der Waals surface area contributed by atoms with Gasteiger partial charge in [0.25, 0.3) is 0 Å². The highest BCUT2D eigenvalue weighted by molar-refractivity contribution is 5.80. The maximum Gasteiger partial charge on any atom is 0.141 e. The van der Waals surface area contributed by atoms with Crippen molar-refractivity contribution in [2.45, 2.75) is 13.5 Å². The molecule has 0 bridgehead atoms. The van der Waals surface area contributed by atoms with E-state index in [9.17, 15) is 0 Å². The minimum Gasteiger partial charge on any atom is -0.324 e. The first-order valence-corrected chi connectivity index (χ1v) is 5.76. The molecule has 2 aromatic heterocycles. The maximum absolute atomic E-state index is 4.69. The second-order valence-electron chi connectivity index (χ2n) is 3.90. The van der Waals surface area contributed by atoms with Gasteiger partial charge in [-0.05, 0) is 31.2 Å². The number of fused-ring (bicyclic) bond motifs is 1. The van der Waals surface area contributed by atoms with Crippen LogP contribution in [0.4, 0.5) is 0 Å². The zero-order chi connectivity index (χ0) is 11.7. The van der Waals surface area contributed by atoms with Gasteiger partial charge >= 0.3 is 0 Å². The van der Waals surface area contributed by atoms with Crippen LogP contribution >= 0.6 is 0 Å². The van der Waals surface area contributed by atoms with Gasteiger partial charge in [-0.3, -0.25) is 4.98 Å². The normalized spacial score (nSPS) is 10.9. The van der Waals surface area contributed by atoms with Crippen LogP contribution in [-0.4, -0.2) is 14.5 Å². The van der Waals surface area contributed by atoms with Crippen LogP contribution in [-0.2, 0) is 6.54 Å². The molecule has 0 saturated carbocycles. The van der Waals surface area contributed by atoms with Crippen molar-refractivity contribution in [2.24, 2.45) is 0 Å². The predicted octanol–water partition coefficient (Wildman–Crippen LogP) is 3.12. The van der Waals surface area contributed by atoms with Gasteiger partial charge in [0.2, 0.25) is 0 Å². The summed E-state index contributed by atoms with van der Waals surface area (Å²) >= 11 is 0. The third-order valence-electron chi connectivity index (χ3n) is 2.91. The molecule has 3 nitrogen and oxygen atoms in total. The molecule has 0 radical (unpaired) electrons. The molecule has 0 unspecified atom stereocenters. The fourth-order valence-electron chi connectivity index (χ4n) is 2.12. The van der Waals surface area contributed by atoms with Crippen LogP contribution in [0.3, 0.4) is 0 Å². The van der Waals surface area contributed by atoms with Gasteiger partial charge in [-0.1, -0.05) is 12.1 Å². The Balaban J connectivity index is 2.30. The molecule has 17 heavy (non-hydrogen) atoms. The average molecular weight is 223 g/mol. The Labute approximate surface area is 99.8 Å². The van der Waals surface area contributed by atoms with Crippen molar-refractivity contribution in [2.75, 3.05) is 0 Å². The molecular weight excluding hydrogens is 210 g/mol. The number of hydrogen-bond acceptors (Lipinski definition) is 2. The van der Waals surface area contributed by atoms with E-state index in [-0.39, 0.29) is 0 Å². The fourth-order valence-corrected chi connectivity index (χ4v) is 2.12. The average Bonchev–Trinajstić information content (AvgIpc) is 2.78. The molecule has 0 saturated heterocycles. The van der Waals surface area contributed by atoms with E-state index in [0.29, 0.717) is 0 Å². The number of para-hydroxylation sites is 2. The minimum atomic E-state index is 0.915. The molecule has 0 amide bonds. The molecule has 0 N–H and O–H groups in total. The first-order chi connectivity index (χ1) is 8.40. The lowest BCUT2D eigenvalue weighted by Crippen LogP contribution is -1.97. The summed E-state index contributed by atoms with van der Waals surface area (Å²) in [4.78, 5) is 8.73. The Morgan fingerprint density at radius 2 is 1.82 bits per heavy atom. The first kappa shape index (κ1) is 10.0. The van der Waals surface area contributed by atoms with Gasteiger partial charge in [0, 0.05) is 24.5 Å². The van der Waals surface area contributed by atoms with Gasteiger partial charge in [-0.25, -0.2) is 4.98 Å². The van der Waals surface area contributed by atoms with Gasteiger partial charge < -0.3 is 4.57 Å². The summed E-state index contributed by atoms with van der Waals surface area (Å²) in [6, 6.07) is 12.2. The van der Waals surface area contributed by atoms with Gasteiger partial charge in [0.15, 0.2) is 0 Å². The third-order valence-corrected chi connectivity index (χ3v) is 2.91. The van der Waals surface area contributed by atoms with Crippen molar-refractivity contribution in [1.82, 2.24) is 14.5 Å². The van der Waals surface area contributed by atoms with Gasteiger partial charge in [-0.15, -0.1) is 0 Å². The zero-order valence-corrected chi connectivity index (χ0v) is 9.67. The summed E-state index contributed by atoms with van der Waals surface area (Å²) in [6.07, 6.45) is 3.60. The monoisotopic (exact) mass is 223 g/mol. The summed E-state index contributed by atoms with van der Waals surface area (Å²) in [5.41, 5.74) is 3.33. The number of rotatable bonds is 2. The van der Waals surface area contributed by atoms with E-state index >= 15 is 0 Å². The Kier molecular flexibility index (Phi) is 2.37. The quantitative estimate of drug-likeness (QED) is 0.668. The van der Waals surface area contributed by atoms with Crippen LogP contribution in [0.25, 0.3) is 22.4 Å². The van der Waals surface area contributed by atoms with E-state index in [2.05, 4.69) is 27.5 Å². The highest BCUT2D eigenvalue weighted by Gasteiger charge is 2.10. The topological polar surface area (TPSA) is 30.7 Å². The van der Waals surface area contributed by atoms with Crippen LogP contribution in [0, 0.1) is 0 Å². The highest BCUT2D eigenvalue weighted by Crippen LogP contribution is 2.23. The number of pyridine rings is 1. The largest absolute Gasteiger partial charge is 0.324 e. The molecule has 0 spiro atoms. The van der Waals surface area contributed by atoms with Crippen LogP contribution in [0.2, 0.25) is 0 Å². The second kappa shape index (κ2) is 4.01. The minimum absolute atomic E-state index is 0.915. The van der Waals surface area contributed by atoms with E-state index < -0.39 is 0 Å². The van der Waals surface area contributed by atoms with E-state index in [1.54, 1.807) is 12.4 Å². The van der Waals surface area contributed by atoms with Gasteiger partial charge in [-0.2, -0.15) is 0 Å². The van der Waals surface area contributed by atoms with E-state index in [0.717, 1.165) is 23.4 Å². The fraction of sp³-hybridized carbons (Fsp3) is 0.143. The molecule has 3 aromatic rings. The molecule has 0 aliphatic carbocycles. The van der Waals surface area contributed by atoms with Crippen molar-refractivity contribution in [3.63, 3.8) is 0 Å². The van der Waals surface area contributed by atoms with Gasteiger partial charge in [0.1, 0.15) is 5.82 Å². The number of nitrogens with zero attached hydrogens (tertiary/aromatic N) is 3. The van der Waals surface area contributed by atoms with E-state index in [1.165, 1.54) is 5.52 Å². The predicted molar refractivity (Wildman–Crippen MR) is 68.6 cm³/mol.